The molecule has 11 heteroatoms. The van der Waals surface area contributed by atoms with E-state index < -0.39 is 23.3 Å². The number of amides is 2. The number of nitrogens with one attached hydrogen (secondary N) is 4. The van der Waals surface area contributed by atoms with Gasteiger partial charge in [-0.15, -0.1) is 0 Å². The van der Waals surface area contributed by atoms with Crippen LogP contribution < -0.4 is 21.5 Å². The highest BCUT2D eigenvalue weighted by molar-refractivity contribution is 9.10. The minimum absolute atomic E-state index is 0.0172. The largest absolute Gasteiger partial charge is 0.326 e. The molecule has 158 valence electrons. The molecule has 0 saturated carbocycles. The van der Waals surface area contributed by atoms with Gasteiger partial charge in [0.2, 0.25) is 17.8 Å². The number of H-pyrrole nitrogens is 1. The summed E-state index contributed by atoms with van der Waals surface area (Å²) >= 11 is 15.4. The van der Waals surface area contributed by atoms with Crippen molar-refractivity contribution in [2.24, 2.45) is 0 Å². The molecule has 0 fully saturated rings. The normalized spacial score (nSPS) is 15.1. The van der Waals surface area contributed by atoms with Crippen LogP contribution in [0, 0.1) is 0 Å². The van der Waals surface area contributed by atoms with Crippen LogP contribution in [-0.4, -0.2) is 21.8 Å². The Bertz CT molecular complexity index is 1250. The van der Waals surface area contributed by atoms with Crippen LogP contribution in [0.2, 0.25) is 10.0 Å². The van der Waals surface area contributed by atoms with E-state index in [1.54, 1.807) is 36.4 Å². The van der Waals surface area contributed by atoms with E-state index in [4.69, 9.17) is 23.2 Å². The lowest BCUT2D eigenvalue weighted by Gasteiger charge is -2.23. The van der Waals surface area contributed by atoms with Crippen LogP contribution in [0.25, 0.3) is 0 Å². The smallest absolute Gasteiger partial charge is 0.258 e. The van der Waals surface area contributed by atoms with Crippen molar-refractivity contribution in [1.82, 2.24) is 9.97 Å². The Labute approximate surface area is 194 Å². The minimum Gasteiger partial charge on any atom is -0.326 e. The Morgan fingerprint density at radius 1 is 1.13 bits per heavy atom. The summed E-state index contributed by atoms with van der Waals surface area (Å²) in [7, 11) is 0. The lowest BCUT2D eigenvalue weighted by molar-refractivity contribution is -0.123. The van der Waals surface area contributed by atoms with Crippen LogP contribution in [0.3, 0.4) is 0 Å². The number of nitrogens with zero attached hydrogens (tertiary/aromatic N) is 1. The maximum absolute atomic E-state index is 12.8. The number of hydrogen-bond acceptors (Lipinski definition) is 5. The highest BCUT2D eigenvalue weighted by Crippen LogP contribution is 2.31. The standard InChI is InChI=1S/C20H14BrCl2N5O3/c21-9-1-4-11(5-2-9)24-18(30)12-8-15(29)26-17-16(12)19(31)28-20(27-17)25-14-6-3-10(22)7-13(14)23/h1-7,12H,8H2,(H,24,30)(H3,25,26,27,28,29,31)/t12-/m1/s1. The van der Waals surface area contributed by atoms with E-state index in [1.165, 1.54) is 6.07 Å². The zero-order chi connectivity index (χ0) is 22.1. The fourth-order valence-electron chi connectivity index (χ4n) is 3.14. The van der Waals surface area contributed by atoms with E-state index in [0.29, 0.717) is 21.4 Å². The summed E-state index contributed by atoms with van der Waals surface area (Å²) < 4.78 is 0.856. The maximum Gasteiger partial charge on any atom is 0.258 e. The molecule has 0 aliphatic carbocycles. The van der Waals surface area contributed by atoms with Gasteiger partial charge in [0.15, 0.2) is 0 Å². The number of halogens is 3. The van der Waals surface area contributed by atoms with Gasteiger partial charge in [-0.2, -0.15) is 4.98 Å². The summed E-state index contributed by atoms with van der Waals surface area (Å²) in [5, 5.41) is 8.94. The number of aromatic amines is 1. The highest BCUT2D eigenvalue weighted by atomic mass is 79.9. The van der Waals surface area contributed by atoms with Crippen molar-refractivity contribution >= 4 is 74.1 Å². The molecule has 2 amide bonds. The van der Waals surface area contributed by atoms with Gasteiger partial charge in [0.25, 0.3) is 5.56 Å². The summed E-state index contributed by atoms with van der Waals surface area (Å²) in [5.74, 6) is -1.81. The molecule has 4 N–H and O–H groups in total. The maximum atomic E-state index is 12.8. The van der Waals surface area contributed by atoms with Gasteiger partial charge in [-0.1, -0.05) is 39.1 Å². The third kappa shape index (κ3) is 4.73. The second-order valence-corrected chi connectivity index (χ2v) is 8.49. The molecule has 1 aliphatic heterocycles. The average molecular weight is 523 g/mol. The van der Waals surface area contributed by atoms with E-state index in [1.807, 2.05) is 0 Å². The van der Waals surface area contributed by atoms with Crippen molar-refractivity contribution < 1.29 is 9.59 Å². The zero-order valence-electron chi connectivity index (χ0n) is 15.6. The van der Waals surface area contributed by atoms with E-state index in [-0.39, 0.29) is 23.8 Å². The highest BCUT2D eigenvalue weighted by Gasteiger charge is 2.34. The second-order valence-electron chi connectivity index (χ2n) is 6.73. The van der Waals surface area contributed by atoms with Gasteiger partial charge in [-0.3, -0.25) is 19.4 Å². The Morgan fingerprint density at radius 2 is 1.87 bits per heavy atom. The Kier molecular flexibility index (Phi) is 5.99. The van der Waals surface area contributed by atoms with Crippen LogP contribution >= 0.6 is 39.1 Å². The van der Waals surface area contributed by atoms with Gasteiger partial charge in [-0.05, 0) is 42.5 Å². The minimum atomic E-state index is -0.989. The predicted octanol–water partition coefficient (Wildman–Crippen LogP) is 4.65. The fourth-order valence-corrected chi connectivity index (χ4v) is 3.86. The monoisotopic (exact) mass is 521 g/mol. The molecule has 0 saturated heterocycles. The number of hydrogen-bond donors (Lipinski definition) is 4. The second kappa shape index (κ2) is 8.70. The van der Waals surface area contributed by atoms with Crippen molar-refractivity contribution in [1.29, 1.82) is 0 Å². The van der Waals surface area contributed by atoms with Crippen molar-refractivity contribution in [3.63, 3.8) is 0 Å². The first-order chi connectivity index (χ1) is 14.8. The molecule has 0 bridgehead atoms. The van der Waals surface area contributed by atoms with Crippen LogP contribution in [0.5, 0.6) is 0 Å². The number of anilines is 4. The quantitative estimate of drug-likeness (QED) is 0.398. The number of carbonyl (C=O) groups excluding carboxylic acids is 2. The Hall–Kier alpha value is -2.88. The molecule has 0 unspecified atom stereocenters. The molecule has 3 aromatic rings. The third-order valence-corrected chi connectivity index (χ3v) is 5.64. The first kappa shape index (κ1) is 21.4. The lowest BCUT2D eigenvalue weighted by Crippen LogP contribution is -2.36. The van der Waals surface area contributed by atoms with Crippen molar-refractivity contribution in [3.8, 4) is 0 Å². The van der Waals surface area contributed by atoms with Gasteiger partial charge in [0.1, 0.15) is 5.82 Å². The molecule has 0 radical (unpaired) electrons. The number of fused-ring (bicyclic) bond motifs is 1. The van der Waals surface area contributed by atoms with Crippen LogP contribution in [-0.2, 0) is 9.59 Å². The number of rotatable bonds is 4. The SMILES string of the molecule is O=C1C[C@@H](C(=O)Nc2ccc(Br)cc2)c2c(nc(Nc3ccc(Cl)cc3Cl)[nH]c2=O)N1. The molecular formula is C20H14BrCl2N5O3. The summed E-state index contributed by atoms with van der Waals surface area (Å²) in [6.45, 7) is 0. The molecule has 1 aromatic heterocycles. The van der Waals surface area contributed by atoms with Gasteiger partial charge >= 0.3 is 0 Å². The van der Waals surface area contributed by atoms with Gasteiger partial charge in [0.05, 0.1) is 22.2 Å². The van der Waals surface area contributed by atoms with E-state index in [0.717, 1.165) is 4.47 Å². The van der Waals surface area contributed by atoms with E-state index in [2.05, 4.69) is 41.8 Å². The van der Waals surface area contributed by atoms with Crippen molar-refractivity contribution in [2.75, 3.05) is 16.0 Å². The molecule has 8 nitrogen and oxygen atoms in total. The van der Waals surface area contributed by atoms with E-state index >= 15 is 0 Å². The first-order valence-corrected chi connectivity index (χ1v) is 10.6. The molecule has 0 spiro atoms. The molecule has 1 atom stereocenters. The van der Waals surface area contributed by atoms with E-state index in [9.17, 15) is 14.4 Å². The summed E-state index contributed by atoms with van der Waals surface area (Å²) in [6, 6.07) is 11.7. The van der Waals surface area contributed by atoms with Gasteiger partial charge in [0, 0.05) is 21.6 Å². The topological polar surface area (TPSA) is 116 Å². The molecule has 2 heterocycles. The predicted molar refractivity (Wildman–Crippen MR) is 123 cm³/mol. The lowest BCUT2D eigenvalue weighted by atomic mass is 9.92. The van der Waals surface area contributed by atoms with Gasteiger partial charge < -0.3 is 16.0 Å². The van der Waals surface area contributed by atoms with Gasteiger partial charge in [-0.25, -0.2) is 0 Å². The summed E-state index contributed by atoms with van der Waals surface area (Å²) in [5.41, 5.74) is 0.539. The number of aromatic nitrogens is 2. The number of benzene rings is 2. The Morgan fingerprint density at radius 3 is 2.58 bits per heavy atom. The summed E-state index contributed by atoms with van der Waals surface area (Å²) in [6.07, 6.45) is -0.171. The molecule has 1 aliphatic rings. The average Bonchev–Trinajstić information content (AvgIpc) is 2.71. The number of carbonyl (C=O) groups is 2. The fraction of sp³-hybridized carbons (Fsp3) is 0.100. The van der Waals surface area contributed by atoms with Crippen molar-refractivity contribution in [2.45, 2.75) is 12.3 Å². The third-order valence-electron chi connectivity index (χ3n) is 4.56. The van der Waals surface area contributed by atoms with Crippen molar-refractivity contribution in [3.05, 3.63) is 72.9 Å². The first-order valence-electron chi connectivity index (χ1n) is 9.03. The summed E-state index contributed by atoms with van der Waals surface area (Å²) in [4.78, 5) is 44.7. The van der Waals surface area contributed by atoms with Crippen LogP contribution in [0.4, 0.5) is 23.1 Å². The van der Waals surface area contributed by atoms with Crippen LogP contribution in [0.1, 0.15) is 17.9 Å². The van der Waals surface area contributed by atoms with Crippen LogP contribution in [0.15, 0.2) is 51.7 Å². The Balaban J connectivity index is 1.64. The molecule has 2 aromatic carbocycles. The zero-order valence-corrected chi connectivity index (χ0v) is 18.7. The molecule has 4 rings (SSSR count). The molecular weight excluding hydrogens is 509 g/mol. The molecule has 31 heavy (non-hydrogen) atoms.